The Hall–Kier alpha value is -1.99. The number of thiophene rings is 1. The quantitative estimate of drug-likeness (QED) is 0.877. The van der Waals surface area contributed by atoms with Crippen molar-refractivity contribution in [1.29, 1.82) is 0 Å². The molecule has 2 aromatic rings. The van der Waals surface area contributed by atoms with Crippen LogP contribution in [0.2, 0.25) is 0 Å². The number of benzene rings is 1. The van der Waals surface area contributed by atoms with Crippen LogP contribution < -0.4 is 5.32 Å². The van der Waals surface area contributed by atoms with Crippen LogP contribution in [0.1, 0.15) is 15.2 Å². The number of carbonyl (C=O) groups excluding carboxylic acids is 2. The van der Waals surface area contributed by atoms with Gasteiger partial charge in [-0.05, 0) is 17.7 Å². The highest BCUT2D eigenvalue weighted by Crippen LogP contribution is 2.21. The van der Waals surface area contributed by atoms with E-state index in [-0.39, 0.29) is 17.6 Å². The Balaban J connectivity index is 1.56. The maximum absolute atomic E-state index is 12.2. The Morgan fingerprint density at radius 1 is 1.17 bits per heavy atom. The zero-order valence-electron chi connectivity index (χ0n) is 13.0. The summed E-state index contributed by atoms with van der Waals surface area (Å²) in [4.78, 5) is 26.6. The van der Waals surface area contributed by atoms with Gasteiger partial charge in [-0.2, -0.15) is 11.8 Å². The van der Waals surface area contributed by atoms with E-state index in [1.54, 1.807) is 12.1 Å². The monoisotopic (exact) mass is 362 g/mol. The summed E-state index contributed by atoms with van der Waals surface area (Å²) in [6.07, 6.45) is 0.387. The van der Waals surface area contributed by atoms with Gasteiger partial charge in [0.15, 0.2) is 0 Å². The number of amides is 2. The van der Waals surface area contributed by atoms with Gasteiger partial charge in [-0.3, -0.25) is 9.59 Å². The minimum Gasteiger partial charge on any atom is -0.507 e. The lowest BCUT2D eigenvalue weighted by molar-refractivity contribution is -0.130. The number of carbonyl (C=O) groups is 2. The number of aromatic hydroxyl groups is 1. The van der Waals surface area contributed by atoms with Crippen molar-refractivity contribution in [2.45, 2.75) is 6.42 Å². The summed E-state index contributed by atoms with van der Waals surface area (Å²) in [5, 5.41) is 13.6. The molecule has 1 fully saturated rings. The predicted molar refractivity (Wildman–Crippen MR) is 98.0 cm³/mol. The van der Waals surface area contributed by atoms with Crippen molar-refractivity contribution in [3.8, 4) is 5.75 Å². The van der Waals surface area contributed by atoms with Gasteiger partial charge in [-0.15, -0.1) is 11.3 Å². The first-order valence-electron chi connectivity index (χ1n) is 7.65. The average molecular weight is 362 g/mol. The van der Waals surface area contributed by atoms with Crippen LogP contribution in [0.25, 0.3) is 0 Å². The zero-order chi connectivity index (χ0) is 16.9. The first-order valence-corrected chi connectivity index (χ1v) is 9.68. The summed E-state index contributed by atoms with van der Waals surface area (Å²) in [6.45, 7) is 1.65. The fourth-order valence-corrected chi connectivity index (χ4v) is 4.01. The van der Waals surface area contributed by atoms with Gasteiger partial charge in [-0.1, -0.05) is 12.1 Å². The number of anilines is 1. The second-order valence-corrected chi connectivity index (χ2v) is 7.63. The molecule has 0 bridgehead atoms. The number of hydrogen-bond acceptors (Lipinski definition) is 5. The predicted octanol–water partition coefficient (Wildman–Crippen LogP) is 2.82. The van der Waals surface area contributed by atoms with Gasteiger partial charge in [0.25, 0.3) is 5.91 Å². The smallest absolute Gasteiger partial charge is 0.265 e. The third-order valence-corrected chi connectivity index (χ3v) is 5.60. The molecule has 126 valence electrons. The molecule has 1 aliphatic heterocycles. The van der Waals surface area contributed by atoms with Crippen LogP contribution in [-0.2, 0) is 11.2 Å². The summed E-state index contributed by atoms with van der Waals surface area (Å²) in [6, 6.07) is 8.74. The second kappa shape index (κ2) is 7.72. The topological polar surface area (TPSA) is 69.6 Å². The van der Waals surface area contributed by atoms with Crippen LogP contribution in [0.4, 0.5) is 5.69 Å². The van der Waals surface area contributed by atoms with E-state index in [4.69, 9.17) is 0 Å². The molecule has 2 N–H and O–H groups in total. The van der Waals surface area contributed by atoms with Gasteiger partial charge < -0.3 is 15.3 Å². The van der Waals surface area contributed by atoms with Gasteiger partial charge in [-0.25, -0.2) is 0 Å². The van der Waals surface area contributed by atoms with Gasteiger partial charge in [0.2, 0.25) is 5.91 Å². The van der Waals surface area contributed by atoms with Crippen LogP contribution in [0.15, 0.2) is 35.7 Å². The van der Waals surface area contributed by atoms with E-state index < -0.39 is 0 Å². The van der Waals surface area contributed by atoms with Crippen LogP contribution in [0.5, 0.6) is 5.75 Å². The molecule has 2 amide bonds. The largest absolute Gasteiger partial charge is 0.507 e. The first-order chi connectivity index (χ1) is 11.6. The molecule has 0 radical (unpaired) electrons. The van der Waals surface area contributed by atoms with Gasteiger partial charge in [0, 0.05) is 41.7 Å². The molecule has 0 atom stereocenters. The molecule has 0 spiro atoms. The van der Waals surface area contributed by atoms with Crippen molar-refractivity contribution in [3.63, 3.8) is 0 Å². The molecule has 24 heavy (non-hydrogen) atoms. The molecule has 3 rings (SSSR count). The molecule has 0 unspecified atom stereocenters. The fourth-order valence-electron chi connectivity index (χ4n) is 2.44. The third kappa shape index (κ3) is 4.30. The molecule has 0 aliphatic carbocycles. The van der Waals surface area contributed by atoms with E-state index in [1.807, 2.05) is 28.8 Å². The van der Waals surface area contributed by atoms with E-state index >= 15 is 0 Å². The van der Waals surface area contributed by atoms with E-state index in [9.17, 15) is 14.7 Å². The molecule has 1 aromatic heterocycles. The fraction of sp³-hybridized carbons (Fsp3) is 0.294. The SMILES string of the molecule is O=C(Nc1ccc(CC(=O)N2CCSCC2)cc1)c1cc(O)cs1. The van der Waals surface area contributed by atoms with Gasteiger partial charge in [0.05, 0.1) is 11.3 Å². The Morgan fingerprint density at radius 3 is 2.50 bits per heavy atom. The minimum absolute atomic E-state index is 0.0927. The molecule has 2 heterocycles. The highest BCUT2D eigenvalue weighted by Gasteiger charge is 2.17. The number of nitrogens with zero attached hydrogens (tertiary/aromatic N) is 1. The second-order valence-electron chi connectivity index (χ2n) is 5.49. The molecule has 1 saturated heterocycles. The molecular formula is C17H18N2O3S2. The summed E-state index contributed by atoms with van der Waals surface area (Å²) in [5.74, 6) is 2.01. The number of rotatable bonds is 4. The summed E-state index contributed by atoms with van der Waals surface area (Å²) >= 11 is 3.07. The van der Waals surface area contributed by atoms with Gasteiger partial charge in [0.1, 0.15) is 5.75 Å². The molecule has 0 saturated carbocycles. The Kier molecular flexibility index (Phi) is 5.42. The van der Waals surface area contributed by atoms with Crippen LogP contribution in [0, 0.1) is 0 Å². The van der Waals surface area contributed by atoms with E-state index in [2.05, 4.69) is 5.32 Å². The van der Waals surface area contributed by atoms with Crippen molar-refractivity contribution in [2.75, 3.05) is 29.9 Å². The highest BCUT2D eigenvalue weighted by atomic mass is 32.2. The molecule has 1 aromatic carbocycles. The molecular weight excluding hydrogens is 344 g/mol. The Labute approximate surface area is 148 Å². The minimum atomic E-state index is -0.255. The zero-order valence-corrected chi connectivity index (χ0v) is 14.7. The summed E-state index contributed by atoms with van der Waals surface area (Å²) in [7, 11) is 0. The first kappa shape index (κ1) is 16.9. The third-order valence-electron chi connectivity index (χ3n) is 3.74. The van der Waals surface area contributed by atoms with Crippen molar-refractivity contribution < 1.29 is 14.7 Å². The van der Waals surface area contributed by atoms with Crippen LogP contribution in [0.3, 0.4) is 0 Å². The van der Waals surface area contributed by atoms with E-state index in [0.29, 0.717) is 17.0 Å². The number of hydrogen-bond donors (Lipinski definition) is 2. The van der Waals surface area contributed by atoms with Crippen LogP contribution in [-0.4, -0.2) is 46.4 Å². The highest BCUT2D eigenvalue weighted by molar-refractivity contribution is 7.99. The normalized spacial score (nSPS) is 14.4. The average Bonchev–Trinajstić information content (AvgIpc) is 3.04. The molecule has 5 nitrogen and oxygen atoms in total. The maximum atomic E-state index is 12.2. The van der Waals surface area contributed by atoms with Crippen molar-refractivity contribution in [2.24, 2.45) is 0 Å². The lowest BCUT2D eigenvalue weighted by atomic mass is 10.1. The molecule has 1 aliphatic rings. The maximum Gasteiger partial charge on any atom is 0.265 e. The Bertz CT molecular complexity index is 722. The lowest BCUT2D eigenvalue weighted by Crippen LogP contribution is -2.38. The summed E-state index contributed by atoms with van der Waals surface area (Å²) in [5.41, 5.74) is 1.60. The Morgan fingerprint density at radius 2 is 1.88 bits per heavy atom. The van der Waals surface area contributed by atoms with Gasteiger partial charge >= 0.3 is 0 Å². The van der Waals surface area contributed by atoms with Crippen LogP contribution >= 0.6 is 23.1 Å². The standard InChI is InChI=1S/C17H18N2O3S2/c20-14-10-15(24-11-14)17(22)18-13-3-1-12(2-4-13)9-16(21)19-5-7-23-8-6-19/h1-4,10-11,20H,5-9H2,(H,18,22). The lowest BCUT2D eigenvalue weighted by Gasteiger charge is -2.26. The van der Waals surface area contributed by atoms with E-state index in [1.165, 1.54) is 22.8 Å². The number of thioether (sulfide) groups is 1. The van der Waals surface area contributed by atoms with Crippen molar-refractivity contribution in [3.05, 3.63) is 46.2 Å². The number of nitrogens with one attached hydrogen (secondary N) is 1. The van der Waals surface area contributed by atoms with E-state index in [0.717, 1.165) is 30.2 Å². The van der Waals surface area contributed by atoms with Crippen molar-refractivity contribution >= 4 is 40.6 Å². The van der Waals surface area contributed by atoms with Crippen molar-refractivity contribution in [1.82, 2.24) is 4.90 Å². The molecule has 7 heteroatoms. The summed E-state index contributed by atoms with van der Waals surface area (Å²) < 4.78 is 0.